The van der Waals surface area contributed by atoms with E-state index < -0.39 is 8.32 Å². The highest BCUT2D eigenvalue weighted by atomic mass is 28.4. The summed E-state index contributed by atoms with van der Waals surface area (Å²) in [5, 5.41) is 0.140. The monoisotopic (exact) mass is 500 g/mol. The molecule has 0 bridgehead atoms. The van der Waals surface area contributed by atoms with Crippen LogP contribution >= 0.6 is 0 Å². The fraction of sp³-hybridized carbons (Fsp3) is 0.600. The van der Waals surface area contributed by atoms with E-state index >= 15 is 0 Å². The number of ether oxygens (including phenoxy) is 3. The summed E-state index contributed by atoms with van der Waals surface area (Å²) in [4.78, 5) is 0. The lowest BCUT2D eigenvalue weighted by atomic mass is 9.88. The largest absolute Gasteiger partial charge is 0.497 e. The van der Waals surface area contributed by atoms with E-state index in [9.17, 15) is 0 Å². The Balaban J connectivity index is 2.11. The van der Waals surface area contributed by atoms with Gasteiger partial charge in [0.1, 0.15) is 5.75 Å². The van der Waals surface area contributed by atoms with Gasteiger partial charge in [0.25, 0.3) is 0 Å². The molecule has 0 N–H and O–H groups in total. The van der Waals surface area contributed by atoms with Crippen LogP contribution < -0.4 is 4.74 Å². The van der Waals surface area contributed by atoms with E-state index in [0.29, 0.717) is 19.8 Å². The van der Waals surface area contributed by atoms with Crippen molar-refractivity contribution in [3.05, 3.63) is 65.7 Å². The summed E-state index contributed by atoms with van der Waals surface area (Å²) in [5.74, 6) is 1.35. The van der Waals surface area contributed by atoms with Gasteiger partial charge in [0.05, 0.1) is 39.1 Å². The van der Waals surface area contributed by atoms with E-state index in [1.807, 2.05) is 18.2 Å². The summed E-state index contributed by atoms with van der Waals surface area (Å²) in [6.07, 6.45) is 1.10. The Kier molecular flexibility index (Phi) is 11.5. The van der Waals surface area contributed by atoms with Crippen LogP contribution in [0, 0.1) is 11.8 Å². The molecule has 0 aliphatic carbocycles. The first-order valence-electron chi connectivity index (χ1n) is 13.0. The standard InChI is InChI=1S/C30H48O4Si/c1-10-28(33-22-26-16-18-27(31-7)19-17-26)24(3)29(34-35(8,9)30(4,5)6)23(2)20-32-21-25-14-12-11-13-15-25/h11-19,23-24,28-29H,10,20-22H2,1-9H3/t23-,24+,28+,29-/m1/s1. The van der Waals surface area contributed by atoms with Crippen LogP contribution in [0.5, 0.6) is 5.75 Å². The Labute approximate surface area is 215 Å². The van der Waals surface area contributed by atoms with E-state index in [4.69, 9.17) is 18.6 Å². The molecule has 0 spiro atoms. The van der Waals surface area contributed by atoms with Crippen molar-refractivity contribution in [1.82, 2.24) is 0 Å². The van der Waals surface area contributed by atoms with Gasteiger partial charge >= 0.3 is 0 Å². The highest BCUT2D eigenvalue weighted by Gasteiger charge is 2.42. The third-order valence-electron chi connectivity index (χ3n) is 7.42. The van der Waals surface area contributed by atoms with Crippen LogP contribution in [-0.2, 0) is 27.1 Å². The number of benzene rings is 2. The van der Waals surface area contributed by atoms with Gasteiger partial charge in [-0.15, -0.1) is 0 Å². The van der Waals surface area contributed by atoms with E-state index in [1.54, 1.807) is 7.11 Å². The molecule has 0 radical (unpaired) electrons. The fourth-order valence-electron chi connectivity index (χ4n) is 4.07. The molecule has 35 heavy (non-hydrogen) atoms. The van der Waals surface area contributed by atoms with Crippen molar-refractivity contribution in [2.45, 2.75) is 91.5 Å². The first kappa shape index (κ1) is 29.6. The molecule has 0 amide bonds. The van der Waals surface area contributed by atoms with Gasteiger partial charge in [0, 0.05) is 11.8 Å². The molecule has 0 aromatic heterocycles. The van der Waals surface area contributed by atoms with Crippen LogP contribution in [0.2, 0.25) is 18.1 Å². The Morgan fingerprint density at radius 1 is 0.857 bits per heavy atom. The molecule has 2 rings (SSSR count). The maximum atomic E-state index is 7.06. The van der Waals surface area contributed by atoms with Crippen molar-refractivity contribution in [3.8, 4) is 5.75 Å². The molecule has 0 aliphatic rings. The molecule has 0 saturated heterocycles. The van der Waals surface area contributed by atoms with Gasteiger partial charge in [-0.25, -0.2) is 0 Å². The SMILES string of the molecule is CC[C@H](OCc1ccc(OC)cc1)[C@H](C)[C@H](O[Si](C)(C)C(C)(C)C)[C@H](C)COCc1ccccc1. The van der Waals surface area contributed by atoms with Crippen LogP contribution in [0.1, 0.15) is 59.1 Å². The molecule has 4 atom stereocenters. The minimum Gasteiger partial charge on any atom is -0.497 e. The van der Waals surface area contributed by atoms with Gasteiger partial charge in [-0.3, -0.25) is 0 Å². The summed E-state index contributed by atoms with van der Waals surface area (Å²) in [5.41, 5.74) is 2.35. The zero-order valence-corrected chi connectivity index (χ0v) is 24.5. The summed E-state index contributed by atoms with van der Waals surface area (Å²) < 4.78 is 25.0. The second kappa shape index (κ2) is 13.6. The Morgan fingerprint density at radius 3 is 2.00 bits per heavy atom. The predicted molar refractivity (Wildman–Crippen MR) is 148 cm³/mol. The smallest absolute Gasteiger partial charge is 0.192 e. The third-order valence-corrected chi connectivity index (χ3v) is 11.9. The third kappa shape index (κ3) is 9.05. The van der Waals surface area contributed by atoms with Crippen molar-refractivity contribution in [3.63, 3.8) is 0 Å². The fourth-order valence-corrected chi connectivity index (χ4v) is 5.55. The number of hydrogen-bond donors (Lipinski definition) is 0. The molecule has 0 saturated carbocycles. The first-order valence-corrected chi connectivity index (χ1v) is 15.9. The molecule has 0 unspecified atom stereocenters. The molecule has 196 valence electrons. The van der Waals surface area contributed by atoms with Crippen molar-refractivity contribution in [2.75, 3.05) is 13.7 Å². The Bertz CT molecular complexity index is 845. The van der Waals surface area contributed by atoms with Crippen molar-refractivity contribution in [1.29, 1.82) is 0 Å². The molecule has 0 aliphatic heterocycles. The minimum absolute atomic E-state index is 0.0625. The second-order valence-corrected chi connectivity index (χ2v) is 16.0. The topological polar surface area (TPSA) is 36.9 Å². The van der Waals surface area contributed by atoms with Crippen molar-refractivity contribution >= 4 is 8.32 Å². The van der Waals surface area contributed by atoms with Gasteiger partial charge in [-0.05, 0) is 47.8 Å². The minimum atomic E-state index is -1.98. The van der Waals surface area contributed by atoms with Crippen LogP contribution in [0.15, 0.2) is 54.6 Å². The van der Waals surface area contributed by atoms with Gasteiger partial charge in [0.15, 0.2) is 8.32 Å². The molecule has 4 nitrogen and oxygen atoms in total. The molecule has 2 aromatic rings. The van der Waals surface area contributed by atoms with Gasteiger partial charge in [0.2, 0.25) is 0 Å². The quantitative estimate of drug-likeness (QED) is 0.247. The number of rotatable bonds is 14. The predicted octanol–water partition coefficient (Wildman–Crippen LogP) is 7.87. The molecular weight excluding hydrogens is 452 g/mol. The number of methoxy groups -OCH3 is 1. The van der Waals surface area contributed by atoms with Crippen LogP contribution in [0.3, 0.4) is 0 Å². The van der Waals surface area contributed by atoms with Gasteiger partial charge < -0.3 is 18.6 Å². The lowest BCUT2D eigenvalue weighted by Crippen LogP contribution is -2.50. The maximum Gasteiger partial charge on any atom is 0.192 e. The number of hydrogen-bond acceptors (Lipinski definition) is 4. The highest BCUT2D eigenvalue weighted by Crippen LogP contribution is 2.40. The highest BCUT2D eigenvalue weighted by molar-refractivity contribution is 6.74. The van der Waals surface area contributed by atoms with Gasteiger partial charge in [-0.1, -0.05) is 84.0 Å². The lowest BCUT2D eigenvalue weighted by molar-refractivity contribution is -0.0625. The summed E-state index contributed by atoms with van der Waals surface area (Å²) in [6, 6.07) is 18.5. The van der Waals surface area contributed by atoms with Crippen LogP contribution in [0.25, 0.3) is 0 Å². The zero-order valence-electron chi connectivity index (χ0n) is 23.5. The van der Waals surface area contributed by atoms with E-state index in [0.717, 1.165) is 17.7 Å². The first-order chi connectivity index (χ1) is 16.5. The van der Waals surface area contributed by atoms with Crippen molar-refractivity contribution in [2.24, 2.45) is 11.8 Å². The molecule has 2 aromatic carbocycles. The average molecular weight is 501 g/mol. The van der Waals surface area contributed by atoms with Crippen molar-refractivity contribution < 1.29 is 18.6 Å². The molecule has 0 heterocycles. The summed E-state index contributed by atoms with van der Waals surface area (Å²) in [6.45, 7) is 20.2. The second-order valence-electron chi connectivity index (χ2n) is 11.3. The van der Waals surface area contributed by atoms with Crippen LogP contribution in [-0.4, -0.2) is 34.2 Å². The Hall–Kier alpha value is -1.66. The molecule has 5 heteroatoms. The van der Waals surface area contributed by atoms with E-state index in [2.05, 4.69) is 91.0 Å². The zero-order chi connectivity index (χ0) is 26.1. The lowest BCUT2D eigenvalue weighted by Gasteiger charge is -2.44. The van der Waals surface area contributed by atoms with E-state index in [-0.39, 0.29) is 29.1 Å². The Morgan fingerprint density at radius 2 is 1.46 bits per heavy atom. The summed E-state index contributed by atoms with van der Waals surface area (Å²) in [7, 11) is -0.290. The molecule has 0 fully saturated rings. The normalized spacial score (nSPS) is 15.9. The molecular formula is C30H48O4Si. The maximum absolute atomic E-state index is 7.06. The van der Waals surface area contributed by atoms with E-state index in [1.165, 1.54) is 5.56 Å². The van der Waals surface area contributed by atoms with Gasteiger partial charge in [-0.2, -0.15) is 0 Å². The average Bonchev–Trinajstić information content (AvgIpc) is 2.83. The summed E-state index contributed by atoms with van der Waals surface area (Å²) >= 11 is 0. The van der Waals surface area contributed by atoms with Crippen LogP contribution in [0.4, 0.5) is 0 Å².